The van der Waals surface area contributed by atoms with Crippen molar-refractivity contribution < 1.29 is 9.59 Å². The van der Waals surface area contributed by atoms with Crippen LogP contribution in [0.25, 0.3) is 0 Å². The molecule has 0 aromatic rings. The monoisotopic (exact) mass is 240 g/mol. The van der Waals surface area contributed by atoms with Gasteiger partial charge in [0.05, 0.1) is 5.54 Å². The van der Waals surface area contributed by atoms with Gasteiger partial charge in [-0.2, -0.15) is 0 Å². The second kappa shape index (κ2) is 5.17. The van der Waals surface area contributed by atoms with Crippen molar-refractivity contribution in [3.63, 3.8) is 0 Å². The lowest BCUT2D eigenvalue weighted by atomic mass is 9.85. The van der Waals surface area contributed by atoms with Gasteiger partial charge < -0.3 is 5.73 Å². The van der Waals surface area contributed by atoms with Gasteiger partial charge in [0.2, 0.25) is 11.8 Å². The fourth-order valence-electron chi connectivity index (χ4n) is 2.74. The first-order valence-corrected chi connectivity index (χ1v) is 6.36. The summed E-state index contributed by atoms with van der Waals surface area (Å²) in [6.07, 6.45) is 1.67. The van der Waals surface area contributed by atoms with E-state index in [0.29, 0.717) is 25.3 Å². The largest absolute Gasteiger partial charge is 0.328 e. The number of imide groups is 1. The molecule has 1 rings (SSSR count). The molecule has 0 radical (unpaired) electrons. The molecule has 1 saturated heterocycles. The molecule has 0 aromatic heterocycles. The quantitative estimate of drug-likeness (QED) is 0.758. The van der Waals surface area contributed by atoms with Crippen LogP contribution in [0.5, 0.6) is 0 Å². The number of nitrogens with zero attached hydrogens (tertiary/aromatic N) is 1. The van der Waals surface area contributed by atoms with Gasteiger partial charge in [-0.1, -0.05) is 20.8 Å². The highest BCUT2D eigenvalue weighted by atomic mass is 16.2. The van der Waals surface area contributed by atoms with E-state index in [1.807, 2.05) is 13.8 Å². The fourth-order valence-corrected chi connectivity index (χ4v) is 2.74. The molecule has 1 atom stereocenters. The fraction of sp³-hybridized carbons (Fsp3) is 0.846. The molecular weight excluding hydrogens is 216 g/mol. The van der Waals surface area contributed by atoms with Crippen molar-refractivity contribution in [3.8, 4) is 0 Å². The minimum absolute atomic E-state index is 0.0673. The average Bonchev–Trinajstić information content (AvgIpc) is 2.14. The Labute approximate surface area is 104 Å². The Bertz CT molecular complexity index is 297. The van der Waals surface area contributed by atoms with Gasteiger partial charge in [-0.3, -0.25) is 14.5 Å². The van der Waals surface area contributed by atoms with Crippen LogP contribution in [0, 0.1) is 11.8 Å². The van der Waals surface area contributed by atoms with Crippen LogP contribution in [0.3, 0.4) is 0 Å². The van der Waals surface area contributed by atoms with E-state index in [1.165, 1.54) is 4.90 Å². The Kier molecular flexibility index (Phi) is 4.31. The van der Waals surface area contributed by atoms with Crippen LogP contribution in [0.1, 0.15) is 47.0 Å². The summed E-state index contributed by atoms with van der Waals surface area (Å²) in [5.74, 6) is 0.431. The molecule has 2 N–H and O–H groups in total. The number of hydrogen-bond donors (Lipinski definition) is 1. The van der Waals surface area contributed by atoms with Gasteiger partial charge >= 0.3 is 0 Å². The molecule has 0 spiro atoms. The molecule has 1 aliphatic heterocycles. The molecule has 1 heterocycles. The number of carbonyl (C=O) groups is 2. The van der Waals surface area contributed by atoms with Crippen molar-refractivity contribution in [2.45, 2.75) is 52.5 Å². The van der Waals surface area contributed by atoms with Crippen LogP contribution < -0.4 is 5.73 Å². The Morgan fingerprint density at radius 1 is 1.35 bits per heavy atom. The number of amides is 2. The first-order chi connectivity index (χ1) is 7.80. The van der Waals surface area contributed by atoms with Crippen LogP contribution in [-0.4, -0.2) is 28.8 Å². The minimum Gasteiger partial charge on any atom is -0.328 e. The molecule has 2 amide bonds. The molecule has 1 unspecified atom stereocenters. The summed E-state index contributed by atoms with van der Waals surface area (Å²) in [6, 6.07) is 0. The highest BCUT2D eigenvalue weighted by Gasteiger charge is 2.42. The van der Waals surface area contributed by atoms with Crippen molar-refractivity contribution >= 4 is 11.8 Å². The van der Waals surface area contributed by atoms with E-state index in [1.54, 1.807) is 0 Å². The summed E-state index contributed by atoms with van der Waals surface area (Å²) >= 11 is 0. The molecule has 0 aliphatic carbocycles. The van der Waals surface area contributed by atoms with Crippen LogP contribution in [0.2, 0.25) is 0 Å². The lowest BCUT2D eigenvalue weighted by Gasteiger charge is -2.43. The number of rotatable bonds is 4. The van der Waals surface area contributed by atoms with Gasteiger partial charge in [0, 0.05) is 19.4 Å². The van der Waals surface area contributed by atoms with Crippen LogP contribution in [0.15, 0.2) is 0 Å². The first kappa shape index (κ1) is 14.2. The minimum atomic E-state index is -0.525. The third-order valence-corrected chi connectivity index (χ3v) is 3.37. The summed E-state index contributed by atoms with van der Waals surface area (Å²) < 4.78 is 0. The lowest BCUT2D eigenvalue weighted by molar-refractivity contribution is -0.157. The zero-order valence-corrected chi connectivity index (χ0v) is 11.3. The van der Waals surface area contributed by atoms with E-state index in [9.17, 15) is 9.59 Å². The smallest absolute Gasteiger partial charge is 0.230 e. The third kappa shape index (κ3) is 3.06. The van der Waals surface area contributed by atoms with Gasteiger partial charge in [0.1, 0.15) is 0 Å². The lowest BCUT2D eigenvalue weighted by Crippen LogP contribution is -2.59. The number of hydrogen-bond acceptors (Lipinski definition) is 3. The molecule has 0 aromatic carbocycles. The van der Waals surface area contributed by atoms with Crippen LogP contribution in [0.4, 0.5) is 0 Å². The number of piperidine rings is 1. The highest BCUT2D eigenvalue weighted by Crippen LogP contribution is 2.30. The van der Waals surface area contributed by atoms with Gasteiger partial charge in [0.15, 0.2) is 0 Å². The van der Waals surface area contributed by atoms with Gasteiger partial charge in [-0.15, -0.1) is 0 Å². The van der Waals surface area contributed by atoms with E-state index in [4.69, 9.17) is 5.73 Å². The summed E-state index contributed by atoms with van der Waals surface area (Å²) in [5, 5.41) is 0. The maximum Gasteiger partial charge on any atom is 0.230 e. The van der Waals surface area contributed by atoms with Crippen molar-refractivity contribution in [1.29, 1.82) is 0 Å². The summed E-state index contributed by atoms with van der Waals surface area (Å²) in [7, 11) is 0. The van der Waals surface area contributed by atoms with Crippen molar-refractivity contribution in [2.24, 2.45) is 17.6 Å². The SMILES string of the molecule is CC(C)CC(C)(CN)N1C(=O)CC(C)CC1=O. The Morgan fingerprint density at radius 2 is 1.82 bits per heavy atom. The summed E-state index contributed by atoms with van der Waals surface area (Å²) in [4.78, 5) is 25.5. The third-order valence-electron chi connectivity index (χ3n) is 3.37. The molecule has 0 bridgehead atoms. The van der Waals surface area contributed by atoms with Crippen molar-refractivity contribution in [1.82, 2.24) is 4.90 Å². The molecule has 4 nitrogen and oxygen atoms in total. The molecule has 0 saturated carbocycles. The van der Waals surface area contributed by atoms with E-state index in [0.717, 1.165) is 6.42 Å². The van der Waals surface area contributed by atoms with Gasteiger partial charge in [-0.05, 0) is 25.2 Å². The predicted octanol–water partition coefficient (Wildman–Crippen LogP) is 1.54. The maximum absolute atomic E-state index is 12.1. The van der Waals surface area contributed by atoms with E-state index in [2.05, 4.69) is 13.8 Å². The summed E-state index contributed by atoms with van der Waals surface area (Å²) in [5.41, 5.74) is 5.27. The predicted molar refractivity (Wildman–Crippen MR) is 67.2 cm³/mol. The zero-order chi connectivity index (χ0) is 13.2. The Balaban J connectivity index is 2.94. The molecule has 4 heteroatoms. The second-order valence-electron chi connectivity index (χ2n) is 5.94. The van der Waals surface area contributed by atoms with E-state index >= 15 is 0 Å². The van der Waals surface area contributed by atoms with Gasteiger partial charge in [-0.25, -0.2) is 0 Å². The zero-order valence-electron chi connectivity index (χ0n) is 11.3. The van der Waals surface area contributed by atoms with Crippen LogP contribution >= 0.6 is 0 Å². The maximum atomic E-state index is 12.1. The summed E-state index contributed by atoms with van der Waals surface area (Å²) in [6.45, 7) is 8.34. The average molecular weight is 240 g/mol. The Hall–Kier alpha value is -0.900. The topological polar surface area (TPSA) is 63.4 Å². The van der Waals surface area contributed by atoms with E-state index < -0.39 is 5.54 Å². The standard InChI is InChI=1S/C13H24N2O2/c1-9(2)7-13(4,8-14)15-11(16)5-10(3)6-12(15)17/h9-10H,5-8,14H2,1-4H3. The van der Waals surface area contributed by atoms with Crippen molar-refractivity contribution in [3.05, 3.63) is 0 Å². The molecule has 1 fully saturated rings. The molecular formula is C13H24N2O2. The van der Waals surface area contributed by atoms with Crippen molar-refractivity contribution in [2.75, 3.05) is 6.54 Å². The molecule has 17 heavy (non-hydrogen) atoms. The number of likely N-dealkylation sites (tertiary alicyclic amines) is 1. The van der Waals surface area contributed by atoms with E-state index in [-0.39, 0.29) is 17.7 Å². The van der Waals surface area contributed by atoms with Crippen LogP contribution in [-0.2, 0) is 9.59 Å². The second-order valence-corrected chi connectivity index (χ2v) is 5.94. The van der Waals surface area contributed by atoms with Gasteiger partial charge in [0.25, 0.3) is 0 Å². The first-order valence-electron chi connectivity index (χ1n) is 6.36. The molecule has 1 aliphatic rings. The Morgan fingerprint density at radius 3 is 2.18 bits per heavy atom. The number of nitrogens with two attached hydrogens (primary N) is 1. The normalized spacial score (nSPS) is 22.1. The number of carbonyl (C=O) groups excluding carboxylic acids is 2. The highest BCUT2D eigenvalue weighted by molar-refractivity contribution is 5.98. The molecule has 98 valence electrons.